The molecule has 124 valence electrons. The zero-order chi connectivity index (χ0) is 16.8. The lowest BCUT2D eigenvalue weighted by Crippen LogP contribution is -2.42. The van der Waals surface area contributed by atoms with Gasteiger partial charge in [-0.2, -0.15) is 0 Å². The number of aliphatic hydroxyl groups is 1. The van der Waals surface area contributed by atoms with Gasteiger partial charge in [-0.3, -0.25) is 0 Å². The van der Waals surface area contributed by atoms with Crippen LogP contribution in [0.1, 0.15) is 37.6 Å². The molecular formula is C17H28O4Si. The Morgan fingerprint density at radius 1 is 1.23 bits per heavy atom. The summed E-state index contributed by atoms with van der Waals surface area (Å²) in [6, 6.07) is 8.84. The third kappa shape index (κ3) is 5.91. The van der Waals surface area contributed by atoms with Crippen LogP contribution >= 0.6 is 0 Å². The van der Waals surface area contributed by atoms with Crippen LogP contribution in [0.15, 0.2) is 30.3 Å². The van der Waals surface area contributed by atoms with Crippen LogP contribution in [0.25, 0.3) is 0 Å². The van der Waals surface area contributed by atoms with Gasteiger partial charge in [-0.15, -0.1) is 0 Å². The summed E-state index contributed by atoms with van der Waals surface area (Å²) in [7, 11) is -1.85. The largest absolute Gasteiger partial charge is 0.462 e. The second kappa shape index (κ2) is 7.90. The third-order valence-corrected chi connectivity index (χ3v) is 8.64. The number of aliphatic hydroxyl groups excluding tert-OH is 1. The van der Waals surface area contributed by atoms with Crippen LogP contribution < -0.4 is 0 Å². The van der Waals surface area contributed by atoms with Crippen molar-refractivity contribution in [1.29, 1.82) is 0 Å². The van der Waals surface area contributed by atoms with E-state index >= 15 is 0 Å². The summed E-state index contributed by atoms with van der Waals surface area (Å²) in [6.07, 6.45) is -0.231. The minimum atomic E-state index is -1.85. The van der Waals surface area contributed by atoms with E-state index in [4.69, 9.17) is 9.16 Å². The van der Waals surface area contributed by atoms with Crippen LogP contribution in [0, 0.1) is 0 Å². The van der Waals surface area contributed by atoms with Crippen molar-refractivity contribution in [3.05, 3.63) is 35.9 Å². The fraction of sp³-hybridized carbons (Fsp3) is 0.588. The highest BCUT2D eigenvalue weighted by Crippen LogP contribution is 2.36. The lowest BCUT2D eigenvalue weighted by molar-refractivity contribution is 0.0359. The molecule has 0 unspecified atom stereocenters. The van der Waals surface area contributed by atoms with E-state index in [2.05, 4.69) is 33.9 Å². The second-order valence-corrected chi connectivity index (χ2v) is 11.8. The Hall–Kier alpha value is -1.17. The van der Waals surface area contributed by atoms with Crippen molar-refractivity contribution < 1.29 is 19.1 Å². The standard InChI is InChI=1S/C17H28O4Si/c1-17(2,3)22(4,5)21-13-15(18)11-12-20-16(19)14-9-7-6-8-10-14/h6-10,15,18H,11-13H2,1-5H3/t15-/m1/s1. The summed E-state index contributed by atoms with van der Waals surface area (Å²) < 4.78 is 11.1. The van der Waals surface area contributed by atoms with E-state index in [1.165, 1.54) is 0 Å². The summed E-state index contributed by atoms with van der Waals surface area (Å²) in [5, 5.41) is 10.1. The van der Waals surface area contributed by atoms with Gasteiger partial charge in [0.1, 0.15) is 0 Å². The molecule has 1 aromatic rings. The number of rotatable bonds is 7. The minimum Gasteiger partial charge on any atom is -0.462 e. The number of carbonyl (C=O) groups excluding carboxylic acids is 1. The smallest absolute Gasteiger partial charge is 0.338 e. The molecule has 22 heavy (non-hydrogen) atoms. The van der Waals surface area contributed by atoms with Gasteiger partial charge in [-0.1, -0.05) is 39.0 Å². The van der Waals surface area contributed by atoms with E-state index < -0.39 is 14.4 Å². The first-order chi connectivity index (χ1) is 10.1. The van der Waals surface area contributed by atoms with Gasteiger partial charge in [0.05, 0.1) is 24.9 Å². The van der Waals surface area contributed by atoms with E-state index in [1.54, 1.807) is 24.3 Å². The molecule has 0 bridgehead atoms. The van der Waals surface area contributed by atoms with Crippen molar-refractivity contribution in [3.63, 3.8) is 0 Å². The van der Waals surface area contributed by atoms with E-state index in [9.17, 15) is 9.90 Å². The van der Waals surface area contributed by atoms with Crippen LogP contribution in [0.2, 0.25) is 18.1 Å². The number of ether oxygens (including phenoxy) is 1. The summed E-state index contributed by atoms with van der Waals surface area (Å²) in [4.78, 5) is 11.7. The molecule has 0 aromatic heterocycles. The van der Waals surface area contributed by atoms with Crippen LogP contribution in [-0.2, 0) is 9.16 Å². The lowest BCUT2D eigenvalue weighted by atomic mass is 10.2. The van der Waals surface area contributed by atoms with Crippen molar-refractivity contribution in [2.24, 2.45) is 0 Å². The average Bonchev–Trinajstić information content (AvgIpc) is 2.45. The molecule has 0 radical (unpaired) electrons. The van der Waals surface area contributed by atoms with Crippen molar-refractivity contribution in [1.82, 2.24) is 0 Å². The van der Waals surface area contributed by atoms with Gasteiger partial charge in [0.15, 0.2) is 8.32 Å². The summed E-state index contributed by atoms with van der Waals surface area (Å²) in [6.45, 7) is 11.3. The highest BCUT2D eigenvalue weighted by Gasteiger charge is 2.37. The monoisotopic (exact) mass is 324 g/mol. The van der Waals surface area contributed by atoms with Crippen LogP contribution in [-0.4, -0.2) is 38.7 Å². The molecule has 1 N–H and O–H groups in total. The SMILES string of the molecule is CC(C)(C)[Si](C)(C)OC[C@H](O)CCOC(=O)c1ccccc1. The molecule has 4 nitrogen and oxygen atoms in total. The first kappa shape index (κ1) is 18.9. The minimum absolute atomic E-state index is 0.118. The number of carbonyl (C=O) groups is 1. The topological polar surface area (TPSA) is 55.8 Å². The molecule has 5 heteroatoms. The van der Waals surface area contributed by atoms with E-state index in [0.29, 0.717) is 18.6 Å². The maximum absolute atomic E-state index is 11.7. The Balaban J connectivity index is 2.29. The molecule has 0 amide bonds. The Labute approximate surface area is 134 Å². The van der Waals surface area contributed by atoms with Crippen molar-refractivity contribution in [2.45, 2.75) is 51.4 Å². The molecule has 0 aliphatic heterocycles. The maximum atomic E-state index is 11.7. The number of hydrogen-bond acceptors (Lipinski definition) is 4. The lowest BCUT2D eigenvalue weighted by Gasteiger charge is -2.36. The summed E-state index contributed by atoms with van der Waals surface area (Å²) in [5.74, 6) is -0.363. The molecular weight excluding hydrogens is 296 g/mol. The van der Waals surface area contributed by atoms with Gasteiger partial charge in [-0.25, -0.2) is 4.79 Å². The molecule has 1 atom stereocenters. The van der Waals surface area contributed by atoms with Crippen molar-refractivity contribution in [3.8, 4) is 0 Å². The zero-order valence-corrected chi connectivity index (χ0v) is 15.3. The second-order valence-electron chi connectivity index (χ2n) is 7.02. The van der Waals surface area contributed by atoms with Gasteiger partial charge in [0.2, 0.25) is 0 Å². The summed E-state index contributed by atoms with van der Waals surface area (Å²) in [5.41, 5.74) is 0.523. The van der Waals surface area contributed by atoms with Crippen LogP contribution in [0.5, 0.6) is 0 Å². The fourth-order valence-electron chi connectivity index (χ4n) is 1.55. The molecule has 0 saturated heterocycles. The highest BCUT2D eigenvalue weighted by atomic mass is 28.4. The third-order valence-electron chi connectivity index (χ3n) is 4.14. The first-order valence-electron chi connectivity index (χ1n) is 7.68. The Morgan fingerprint density at radius 2 is 1.82 bits per heavy atom. The van der Waals surface area contributed by atoms with Gasteiger partial charge >= 0.3 is 5.97 Å². The maximum Gasteiger partial charge on any atom is 0.338 e. The van der Waals surface area contributed by atoms with E-state index in [0.717, 1.165) is 0 Å². The van der Waals surface area contributed by atoms with Crippen LogP contribution in [0.3, 0.4) is 0 Å². The molecule has 0 spiro atoms. The molecule has 1 rings (SSSR count). The van der Waals surface area contributed by atoms with Crippen molar-refractivity contribution >= 4 is 14.3 Å². The van der Waals surface area contributed by atoms with Gasteiger partial charge in [0.25, 0.3) is 0 Å². The predicted molar refractivity (Wildman–Crippen MR) is 90.5 cm³/mol. The Morgan fingerprint density at radius 3 is 2.36 bits per heavy atom. The molecule has 0 saturated carbocycles. The molecule has 0 aliphatic rings. The normalized spacial score (nSPS) is 13.7. The number of hydrogen-bond donors (Lipinski definition) is 1. The Bertz CT molecular complexity index is 465. The highest BCUT2D eigenvalue weighted by molar-refractivity contribution is 6.74. The molecule has 1 aromatic carbocycles. The van der Waals surface area contributed by atoms with E-state index in [1.807, 2.05) is 6.07 Å². The number of esters is 1. The van der Waals surface area contributed by atoms with E-state index in [-0.39, 0.29) is 17.6 Å². The zero-order valence-electron chi connectivity index (χ0n) is 14.3. The van der Waals surface area contributed by atoms with Gasteiger partial charge < -0.3 is 14.3 Å². The first-order valence-corrected chi connectivity index (χ1v) is 10.6. The predicted octanol–water partition coefficient (Wildman–Crippen LogP) is 3.62. The average molecular weight is 324 g/mol. The molecule has 0 fully saturated rings. The number of benzene rings is 1. The Kier molecular flexibility index (Phi) is 6.78. The quantitative estimate of drug-likeness (QED) is 0.615. The van der Waals surface area contributed by atoms with Crippen LogP contribution in [0.4, 0.5) is 0 Å². The van der Waals surface area contributed by atoms with Crippen molar-refractivity contribution in [2.75, 3.05) is 13.2 Å². The molecule has 0 heterocycles. The molecule has 0 aliphatic carbocycles. The van der Waals surface area contributed by atoms with Gasteiger partial charge in [-0.05, 0) is 30.3 Å². The summed E-state index contributed by atoms with van der Waals surface area (Å²) >= 11 is 0. The fourth-order valence-corrected chi connectivity index (χ4v) is 2.59. The van der Waals surface area contributed by atoms with Gasteiger partial charge in [0, 0.05) is 6.42 Å².